The van der Waals surface area contributed by atoms with Gasteiger partial charge in [-0.25, -0.2) is 0 Å². The van der Waals surface area contributed by atoms with Crippen LogP contribution < -0.4 is 0 Å². The van der Waals surface area contributed by atoms with E-state index in [1.165, 1.54) is 180 Å². The molecule has 0 bridgehead atoms. The van der Waals surface area contributed by atoms with E-state index < -0.39 is 0 Å². The second kappa shape index (κ2) is 38.5. The maximum absolute atomic E-state index is 6.22. The van der Waals surface area contributed by atoms with Crippen LogP contribution in [0.5, 0.6) is 0 Å². The third-order valence-electron chi connectivity index (χ3n) is 8.68. The Hall–Kier alpha value is -0.640. The van der Waals surface area contributed by atoms with Gasteiger partial charge in [0.2, 0.25) is 0 Å². The van der Waals surface area contributed by atoms with Crippen LogP contribution in [0.3, 0.4) is 0 Å². The first kappa shape index (κ1) is 43.4. The molecule has 0 aliphatic carbocycles. The van der Waals surface area contributed by atoms with E-state index in [0.717, 1.165) is 26.4 Å². The summed E-state index contributed by atoms with van der Waals surface area (Å²) >= 11 is 0. The molecule has 0 aromatic rings. The number of hydrogen-bond acceptors (Lipinski definition) is 3. The number of rotatable bonds is 37. The maximum atomic E-state index is 6.22. The first-order chi connectivity index (χ1) is 21.7. The van der Waals surface area contributed by atoms with Gasteiger partial charge in [0.05, 0.1) is 12.7 Å². The van der Waals surface area contributed by atoms with Crippen LogP contribution in [0, 0.1) is 0 Å². The summed E-state index contributed by atoms with van der Waals surface area (Å²) in [7, 11) is 4.26. The lowest BCUT2D eigenvalue weighted by Gasteiger charge is -2.21. The summed E-state index contributed by atoms with van der Waals surface area (Å²) < 4.78 is 12.3. The van der Waals surface area contributed by atoms with Crippen molar-refractivity contribution in [3.63, 3.8) is 0 Å². The fraction of sp³-hybridized carbons (Fsp3) is 0.902. The van der Waals surface area contributed by atoms with Gasteiger partial charge in [-0.05, 0) is 78.3 Å². The van der Waals surface area contributed by atoms with Crippen molar-refractivity contribution in [3.8, 4) is 0 Å². The minimum Gasteiger partial charge on any atom is -0.379 e. The second-order valence-corrected chi connectivity index (χ2v) is 13.7. The molecule has 0 aliphatic rings. The highest BCUT2D eigenvalue weighted by Crippen LogP contribution is 2.12. The molecular weight excluding hydrogens is 538 g/mol. The van der Waals surface area contributed by atoms with Crippen molar-refractivity contribution >= 4 is 0 Å². The van der Waals surface area contributed by atoms with E-state index >= 15 is 0 Å². The van der Waals surface area contributed by atoms with Gasteiger partial charge in [-0.1, -0.05) is 154 Å². The van der Waals surface area contributed by atoms with Gasteiger partial charge in [-0.3, -0.25) is 0 Å². The van der Waals surface area contributed by atoms with Crippen molar-refractivity contribution in [3.05, 3.63) is 24.3 Å². The summed E-state index contributed by atoms with van der Waals surface area (Å²) in [6.07, 6.45) is 47.6. The van der Waals surface area contributed by atoms with Crippen molar-refractivity contribution in [2.75, 3.05) is 40.5 Å². The average Bonchev–Trinajstić information content (AvgIpc) is 3.01. The number of nitrogens with zero attached hydrogens (tertiary/aromatic N) is 1. The standard InChI is InChI=1S/C41H81NO2/c1-5-7-9-11-13-15-17-19-21-23-25-27-29-31-33-35-37-43-40-41(39-42(3)4)44-38-36-34-32-30-28-26-24-22-20-18-16-14-12-10-8-6-2/h19-22,41H,5-18,23-40H2,1-4H3/b21-19-,22-20-/t41-/m0/s1. The van der Waals surface area contributed by atoms with Crippen LogP contribution in [0.1, 0.15) is 194 Å². The molecule has 0 rings (SSSR count). The summed E-state index contributed by atoms with van der Waals surface area (Å²) in [6, 6.07) is 0. The molecular formula is C41H81NO2. The van der Waals surface area contributed by atoms with Crippen molar-refractivity contribution < 1.29 is 9.47 Å². The lowest BCUT2D eigenvalue weighted by atomic mass is 10.1. The van der Waals surface area contributed by atoms with Crippen LogP contribution in [-0.2, 0) is 9.47 Å². The van der Waals surface area contributed by atoms with Gasteiger partial charge in [0.1, 0.15) is 0 Å². The largest absolute Gasteiger partial charge is 0.379 e. The molecule has 0 heterocycles. The monoisotopic (exact) mass is 620 g/mol. The Bertz CT molecular complexity index is 573. The van der Waals surface area contributed by atoms with E-state index in [-0.39, 0.29) is 6.10 Å². The lowest BCUT2D eigenvalue weighted by Crippen LogP contribution is -2.32. The fourth-order valence-electron chi connectivity index (χ4n) is 5.83. The summed E-state index contributed by atoms with van der Waals surface area (Å²) in [5.74, 6) is 0. The molecule has 0 spiro atoms. The Kier molecular flexibility index (Phi) is 38.0. The SMILES string of the molecule is CCCCCCCC/C=C\CCCCCCCCOC[C@H](CN(C)C)OCCCCCCCC/C=C\CCCCCCCC. The lowest BCUT2D eigenvalue weighted by molar-refractivity contribution is -0.0287. The second-order valence-electron chi connectivity index (χ2n) is 13.7. The molecule has 0 saturated carbocycles. The molecule has 0 saturated heterocycles. The number of likely N-dealkylation sites (N-methyl/N-ethyl adjacent to an activating group) is 1. The van der Waals surface area contributed by atoms with Crippen molar-refractivity contribution in [2.24, 2.45) is 0 Å². The number of hydrogen-bond donors (Lipinski definition) is 0. The van der Waals surface area contributed by atoms with Crippen LogP contribution in [0.25, 0.3) is 0 Å². The number of unbranched alkanes of at least 4 members (excludes halogenated alkanes) is 24. The highest BCUT2D eigenvalue weighted by Gasteiger charge is 2.10. The normalized spacial score (nSPS) is 12.8. The maximum Gasteiger partial charge on any atom is 0.0934 e. The molecule has 0 amide bonds. The van der Waals surface area contributed by atoms with E-state index in [2.05, 4.69) is 57.1 Å². The molecule has 0 radical (unpaired) electrons. The van der Waals surface area contributed by atoms with Gasteiger partial charge in [0, 0.05) is 19.8 Å². The van der Waals surface area contributed by atoms with Gasteiger partial charge in [0.25, 0.3) is 0 Å². The topological polar surface area (TPSA) is 21.7 Å². The highest BCUT2D eigenvalue weighted by atomic mass is 16.5. The Morgan fingerprint density at radius 1 is 0.432 bits per heavy atom. The molecule has 262 valence electrons. The Morgan fingerprint density at radius 3 is 1.16 bits per heavy atom. The van der Waals surface area contributed by atoms with Crippen molar-refractivity contribution in [2.45, 2.75) is 200 Å². The Morgan fingerprint density at radius 2 is 0.773 bits per heavy atom. The summed E-state index contributed by atoms with van der Waals surface area (Å²) in [5.41, 5.74) is 0. The smallest absolute Gasteiger partial charge is 0.0934 e. The highest BCUT2D eigenvalue weighted by molar-refractivity contribution is 4.82. The zero-order valence-electron chi connectivity index (χ0n) is 30.8. The van der Waals surface area contributed by atoms with Crippen molar-refractivity contribution in [1.82, 2.24) is 4.90 Å². The van der Waals surface area contributed by atoms with Gasteiger partial charge in [0.15, 0.2) is 0 Å². The molecule has 3 heteroatoms. The minimum absolute atomic E-state index is 0.197. The molecule has 3 nitrogen and oxygen atoms in total. The van der Waals surface area contributed by atoms with E-state index in [9.17, 15) is 0 Å². The Balaban J connectivity index is 3.52. The van der Waals surface area contributed by atoms with E-state index in [1.54, 1.807) is 0 Å². The third kappa shape index (κ3) is 37.5. The summed E-state index contributed by atoms with van der Waals surface area (Å²) in [5, 5.41) is 0. The van der Waals surface area contributed by atoms with Crippen LogP contribution >= 0.6 is 0 Å². The first-order valence-corrected chi connectivity index (χ1v) is 19.8. The molecule has 0 aromatic heterocycles. The van der Waals surface area contributed by atoms with E-state index in [4.69, 9.17) is 9.47 Å². The number of ether oxygens (including phenoxy) is 2. The predicted molar refractivity (Wildman–Crippen MR) is 198 cm³/mol. The zero-order valence-corrected chi connectivity index (χ0v) is 30.8. The van der Waals surface area contributed by atoms with Crippen molar-refractivity contribution in [1.29, 1.82) is 0 Å². The summed E-state index contributed by atoms with van der Waals surface area (Å²) in [4.78, 5) is 2.22. The first-order valence-electron chi connectivity index (χ1n) is 19.8. The van der Waals surface area contributed by atoms with Gasteiger partial charge in [-0.2, -0.15) is 0 Å². The van der Waals surface area contributed by atoms with E-state index in [0.29, 0.717) is 0 Å². The zero-order chi connectivity index (χ0) is 32.0. The number of allylic oxidation sites excluding steroid dienone is 4. The average molecular weight is 620 g/mol. The van der Waals surface area contributed by atoms with Gasteiger partial charge < -0.3 is 14.4 Å². The van der Waals surface area contributed by atoms with Crippen LogP contribution in [-0.4, -0.2) is 51.5 Å². The predicted octanol–water partition coefficient (Wildman–Crippen LogP) is 13.0. The Labute approximate surface area is 278 Å². The van der Waals surface area contributed by atoms with E-state index in [1.807, 2.05) is 0 Å². The van der Waals surface area contributed by atoms with Gasteiger partial charge >= 0.3 is 0 Å². The summed E-state index contributed by atoms with van der Waals surface area (Å²) in [6.45, 7) is 8.00. The molecule has 0 unspecified atom stereocenters. The van der Waals surface area contributed by atoms with Crippen LogP contribution in [0.2, 0.25) is 0 Å². The molecule has 44 heavy (non-hydrogen) atoms. The molecule has 0 fully saturated rings. The van der Waals surface area contributed by atoms with Crippen LogP contribution in [0.15, 0.2) is 24.3 Å². The molecule has 1 atom stereocenters. The fourth-order valence-corrected chi connectivity index (χ4v) is 5.83. The van der Waals surface area contributed by atoms with Crippen LogP contribution in [0.4, 0.5) is 0 Å². The van der Waals surface area contributed by atoms with Gasteiger partial charge in [-0.15, -0.1) is 0 Å². The minimum atomic E-state index is 0.197. The molecule has 0 aliphatic heterocycles. The molecule has 0 aromatic carbocycles. The molecule has 0 N–H and O–H groups in total. The quantitative estimate of drug-likeness (QED) is 0.0510. The third-order valence-corrected chi connectivity index (χ3v) is 8.68.